The maximum Gasteiger partial charge on any atom is 0.438 e. The molecule has 1 aromatic rings. The summed E-state index contributed by atoms with van der Waals surface area (Å²) < 4.78 is 44.7. The molecule has 0 spiro atoms. The van der Waals surface area contributed by atoms with Gasteiger partial charge in [0.25, 0.3) is 11.6 Å². The highest BCUT2D eigenvalue weighted by Gasteiger charge is 2.62. The summed E-state index contributed by atoms with van der Waals surface area (Å²) in [6.07, 6.45) is -5.85. The Bertz CT molecular complexity index is 626. The van der Waals surface area contributed by atoms with E-state index in [4.69, 9.17) is 4.74 Å². The van der Waals surface area contributed by atoms with E-state index in [1.54, 1.807) is 0 Å². The second-order valence-corrected chi connectivity index (χ2v) is 5.63. The topological polar surface area (TPSA) is 62.1 Å². The van der Waals surface area contributed by atoms with E-state index in [0.717, 1.165) is 0 Å². The van der Waals surface area contributed by atoms with Crippen molar-refractivity contribution in [2.45, 2.75) is 45.2 Å². The van der Waals surface area contributed by atoms with E-state index >= 15 is 0 Å². The molecule has 0 aromatic heterocycles. The lowest BCUT2D eigenvalue weighted by atomic mass is 10.1. The van der Waals surface area contributed by atoms with E-state index in [1.165, 1.54) is 31.2 Å². The number of hydrogen-bond acceptors (Lipinski definition) is 4. The lowest BCUT2D eigenvalue weighted by molar-refractivity contribution is -0.297. The zero-order valence-electron chi connectivity index (χ0n) is 12.9. The van der Waals surface area contributed by atoms with Crippen LogP contribution in [0.5, 0.6) is 5.75 Å². The van der Waals surface area contributed by atoms with Crippen molar-refractivity contribution >= 4 is 11.6 Å². The summed E-state index contributed by atoms with van der Waals surface area (Å²) in [6.45, 7) is 4.97. The quantitative estimate of drug-likeness (QED) is 0.927. The molecule has 8 heteroatoms. The molecule has 0 unspecified atom stereocenters. The van der Waals surface area contributed by atoms with Crippen molar-refractivity contribution in [2.24, 2.45) is 5.10 Å². The van der Waals surface area contributed by atoms with Crippen LogP contribution in [0.25, 0.3) is 0 Å². The largest absolute Gasteiger partial charge is 0.491 e. The van der Waals surface area contributed by atoms with Gasteiger partial charge in [-0.05, 0) is 45.0 Å². The predicted molar refractivity (Wildman–Crippen MR) is 77.1 cm³/mol. The van der Waals surface area contributed by atoms with E-state index in [0.29, 0.717) is 5.75 Å². The lowest BCUT2D eigenvalue weighted by Crippen LogP contribution is -2.56. The number of benzene rings is 1. The molecule has 1 heterocycles. The molecule has 0 radical (unpaired) electrons. The number of ether oxygens (including phenoxy) is 1. The summed E-state index contributed by atoms with van der Waals surface area (Å²) in [7, 11) is 0. The minimum Gasteiger partial charge on any atom is -0.491 e. The standard InChI is InChI=1S/C15H17F3N2O3/c1-9(2)23-12-6-4-11(5-7-12)13(21)20-14(22,15(16,17)18)8-10(3)19-20/h4-7,9,22H,8H2,1-3H3/t14-/m0/s1. The smallest absolute Gasteiger partial charge is 0.438 e. The van der Waals surface area contributed by atoms with Gasteiger partial charge in [-0.3, -0.25) is 4.79 Å². The van der Waals surface area contributed by atoms with E-state index in [-0.39, 0.29) is 22.4 Å². The number of halogens is 3. The molecule has 0 bridgehead atoms. The van der Waals surface area contributed by atoms with Gasteiger partial charge in [-0.25, -0.2) is 0 Å². The van der Waals surface area contributed by atoms with Gasteiger partial charge in [0.05, 0.1) is 6.10 Å². The SMILES string of the molecule is CC1=NN(C(=O)c2ccc(OC(C)C)cc2)[C@@](O)(C(F)(F)F)C1. The highest BCUT2D eigenvalue weighted by molar-refractivity contribution is 5.97. The van der Waals surface area contributed by atoms with Crippen molar-refractivity contribution in [3.63, 3.8) is 0 Å². The molecule has 0 saturated heterocycles. The molecule has 1 N–H and O–H groups in total. The average Bonchev–Trinajstić information content (AvgIpc) is 2.74. The first kappa shape index (κ1) is 17.3. The molecule has 23 heavy (non-hydrogen) atoms. The van der Waals surface area contributed by atoms with Crippen LogP contribution in [0.15, 0.2) is 29.4 Å². The number of hydrazone groups is 1. The molecule has 1 aromatic carbocycles. The summed E-state index contributed by atoms with van der Waals surface area (Å²) >= 11 is 0. The minimum atomic E-state index is -5.01. The maximum absolute atomic E-state index is 13.1. The van der Waals surface area contributed by atoms with Crippen molar-refractivity contribution < 1.29 is 27.8 Å². The molecule has 0 aliphatic carbocycles. The first-order valence-corrected chi connectivity index (χ1v) is 6.99. The van der Waals surface area contributed by atoms with Crippen molar-refractivity contribution in [1.29, 1.82) is 0 Å². The Morgan fingerprint density at radius 2 is 1.91 bits per heavy atom. The second-order valence-electron chi connectivity index (χ2n) is 5.63. The summed E-state index contributed by atoms with van der Waals surface area (Å²) in [5.74, 6) is -0.540. The Hall–Kier alpha value is -2.09. The molecule has 1 aliphatic heterocycles. The summed E-state index contributed by atoms with van der Waals surface area (Å²) in [5.41, 5.74) is -3.32. The van der Waals surface area contributed by atoms with Gasteiger partial charge in [-0.15, -0.1) is 0 Å². The highest BCUT2D eigenvalue weighted by Crippen LogP contribution is 2.40. The molecule has 1 atom stereocenters. The van der Waals surface area contributed by atoms with Gasteiger partial charge in [0.1, 0.15) is 5.75 Å². The Morgan fingerprint density at radius 1 is 1.35 bits per heavy atom. The molecule has 126 valence electrons. The zero-order chi connectivity index (χ0) is 17.4. The molecule has 1 amide bonds. The van der Waals surface area contributed by atoms with Crippen LogP contribution in [0, 0.1) is 0 Å². The molecule has 0 fully saturated rings. The van der Waals surface area contributed by atoms with Crippen LogP contribution in [0.2, 0.25) is 0 Å². The monoisotopic (exact) mass is 330 g/mol. The fourth-order valence-corrected chi connectivity index (χ4v) is 2.22. The summed E-state index contributed by atoms with van der Waals surface area (Å²) in [4.78, 5) is 12.3. The Kier molecular flexibility index (Phi) is 4.39. The average molecular weight is 330 g/mol. The number of aliphatic hydroxyl groups is 1. The number of carbonyl (C=O) groups is 1. The molecule has 1 aliphatic rings. The molecule has 2 rings (SSSR count). The third-order valence-electron chi connectivity index (χ3n) is 3.24. The van der Waals surface area contributed by atoms with Crippen LogP contribution in [-0.2, 0) is 0 Å². The first-order chi connectivity index (χ1) is 10.5. The van der Waals surface area contributed by atoms with Crippen LogP contribution < -0.4 is 4.74 Å². The normalized spacial score (nSPS) is 21.6. The van der Waals surface area contributed by atoms with Crippen LogP contribution in [0.1, 0.15) is 37.6 Å². The van der Waals surface area contributed by atoms with E-state index < -0.39 is 24.2 Å². The fraction of sp³-hybridized carbons (Fsp3) is 0.467. The number of alkyl halides is 3. The van der Waals surface area contributed by atoms with Gasteiger partial charge < -0.3 is 9.84 Å². The fourth-order valence-electron chi connectivity index (χ4n) is 2.22. The van der Waals surface area contributed by atoms with Gasteiger partial charge in [0.2, 0.25) is 0 Å². The van der Waals surface area contributed by atoms with E-state index in [2.05, 4.69) is 5.10 Å². The van der Waals surface area contributed by atoms with Crippen LogP contribution in [0.3, 0.4) is 0 Å². The highest BCUT2D eigenvalue weighted by atomic mass is 19.4. The van der Waals surface area contributed by atoms with Gasteiger partial charge in [-0.1, -0.05) is 0 Å². The number of rotatable bonds is 3. The molecular formula is C15H17F3N2O3. The molecule has 5 nitrogen and oxygen atoms in total. The Labute approximate surface area is 131 Å². The van der Waals surface area contributed by atoms with Crippen LogP contribution in [-0.4, -0.2) is 39.7 Å². The van der Waals surface area contributed by atoms with Crippen molar-refractivity contribution in [1.82, 2.24) is 5.01 Å². The number of hydrogen-bond donors (Lipinski definition) is 1. The van der Waals surface area contributed by atoms with Crippen molar-refractivity contribution in [2.75, 3.05) is 0 Å². The van der Waals surface area contributed by atoms with Gasteiger partial charge >= 0.3 is 6.18 Å². The lowest BCUT2D eigenvalue weighted by Gasteiger charge is -2.32. The van der Waals surface area contributed by atoms with Gasteiger partial charge in [0.15, 0.2) is 0 Å². The van der Waals surface area contributed by atoms with E-state index in [1.807, 2.05) is 13.8 Å². The number of amides is 1. The Morgan fingerprint density at radius 3 is 2.39 bits per heavy atom. The van der Waals surface area contributed by atoms with E-state index in [9.17, 15) is 23.1 Å². The molecular weight excluding hydrogens is 313 g/mol. The summed E-state index contributed by atoms with van der Waals surface area (Å²) in [5, 5.41) is 13.6. The van der Waals surface area contributed by atoms with Crippen molar-refractivity contribution in [3.8, 4) is 5.75 Å². The third-order valence-corrected chi connectivity index (χ3v) is 3.24. The van der Waals surface area contributed by atoms with Crippen LogP contribution in [0.4, 0.5) is 13.2 Å². The first-order valence-electron chi connectivity index (χ1n) is 6.99. The second kappa shape index (κ2) is 5.84. The predicted octanol–water partition coefficient (Wildman–Crippen LogP) is 2.95. The van der Waals surface area contributed by atoms with Gasteiger partial charge in [-0.2, -0.15) is 23.3 Å². The van der Waals surface area contributed by atoms with Crippen molar-refractivity contribution in [3.05, 3.63) is 29.8 Å². The number of carbonyl (C=O) groups excluding carboxylic acids is 1. The Balaban J connectivity index is 2.28. The third kappa shape index (κ3) is 3.31. The molecule has 0 saturated carbocycles. The van der Waals surface area contributed by atoms with Gasteiger partial charge in [0, 0.05) is 17.7 Å². The maximum atomic E-state index is 13.1. The zero-order valence-corrected chi connectivity index (χ0v) is 12.9. The minimum absolute atomic E-state index is 0.0257. The summed E-state index contributed by atoms with van der Waals surface area (Å²) in [6, 6.07) is 5.62. The van der Waals surface area contributed by atoms with Crippen LogP contribution >= 0.6 is 0 Å². The number of nitrogens with zero attached hydrogens (tertiary/aromatic N) is 2.